The van der Waals surface area contributed by atoms with Crippen molar-refractivity contribution >= 4 is 11.9 Å². The van der Waals surface area contributed by atoms with Crippen LogP contribution in [0.15, 0.2) is 36.9 Å². The molecule has 0 saturated carbocycles. The van der Waals surface area contributed by atoms with Gasteiger partial charge in [0.15, 0.2) is 11.5 Å². The summed E-state index contributed by atoms with van der Waals surface area (Å²) in [5.74, 6) is -0.534. The number of carboxylic acids is 1. The highest BCUT2D eigenvalue weighted by Gasteiger charge is 2.30. The first-order chi connectivity index (χ1) is 10.1. The molecule has 2 N–H and O–H groups in total. The highest BCUT2D eigenvalue weighted by Crippen LogP contribution is 2.30. The molecule has 6 nitrogen and oxygen atoms in total. The number of rotatable bonds is 6. The largest absolute Gasteiger partial charge is 0.485 e. The molecule has 0 aromatic heterocycles. The van der Waals surface area contributed by atoms with Gasteiger partial charge in [-0.3, -0.25) is 4.79 Å². The van der Waals surface area contributed by atoms with Crippen LogP contribution < -0.4 is 14.8 Å². The standard InChI is InChI=1S/C15H17NO5/c1-2-3-6-10(15(18)19)16-14(17)13-9-20-11-7-4-5-8-12(11)21-13/h2,4-5,7-8,10,13H,1,3,6,9H2,(H,16,17)(H,18,19). The maximum absolute atomic E-state index is 12.1. The Morgan fingerprint density at radius 3 is 2.81 bits per heavy atom. The third-order valence-corrected chi connectivity index (χ3v) is 3.08. The van der Waals surface area contributed by atoms with Crippen molar-refractivity contribution in [2.75, 3.05) is 6.61 Å². The number of nitrogens with one attached hydrogen (secondary N) is 1. The lowest BCUT2D eigenvalue weighted by atomic mass is 10.1. The van der Waals surface area contributed by atoms with Gasteiger partial charge in [-0.25, -0.2) is 4.79 Å². The van der Waals surface area contributed by atoms with Gasteiger partial charge >= 0.3 is 5.97 Å². The first-order valence-corrected chi connectivity index (χ1v) is 6.64. The van der Waals surface area contributed by atoms with Gasteiger partial charge in [-0.2, -0.15) is 0 Å². The summed E-state index contributed by atoms with van der Waals surface area (Å²) in [6, 6.07) is 6.05. The molecule has 2 rings (SSSR count). The Kier molecular flexibility index (Phi) is 4.81. The molecule has 2 unspecified atom stereocenters. The monoisotopic (exact) mass is 291 g/mol. The van der Waals surface area contributed by atoms with Crippen LogP contribution in [0.2, 0.25) is 0 Å². The second-order valence-corrected chi connectivity index (χ2v) is 4.63. The van der Waals surface area contributed by atoms with Crippen LogP contribution in [0, 0.1) is 0 Å². The van der Waals surface area contributed by atoms with Crippen molar-refractivity contribution < 1.29 is 24.2 Å². The Labute approximate surface area is 122 Å². The van der Waals surface area contributed by atoms with E-state index < -0.39 is 24.0 Å². The topological polar surface area (TPSA) is 84.9 Å². The van der Waals surface area contributed by atoms with Crippen LogP contribution in [0.5, 0.6) is 11.5 Å². The molecule has 0 saturated heterocycles. The molecule has 1 amide bonds. The van der Waals surface area contributed by atoms with Gasteiger partial charge < -0.3 is 19.9 Å². The number of allylic oxidation sites excluding steroid dienone is 1. The second kappa shape index (κ2) is 6.78. The van der Waals surface area contributed by atoms with E-state index in [9.17, 15) is 9.59 Å². The zero-order valence-electron chi connectivity index (χ0n) is 11.5. The average molecular weight is 291 g/mol. The molecule has 0 aliphatic carbocycles. The van der Waals surface area contributed by atoms with Crippen molar-refractivity contribution in [3.8, 4) is 11.5 Å². The first-order valence-electron chi connectivity index (χ1n) is 6.64. The summed E-state index contributed by atoms with van der Waals surface area (Å²) in [5, 5.41) is 11.5. The fourth-order valence-corrected chi connectivity index (χ4v) is 1.96. The summed E-state index contributed by atoms with van der Waals surface area (Å²) in [6.45, 7) is 3.59. The van der Waals surface area contributed by atoms with E-state index >= 15 is 0 Å². The quantitative estimate of drug-likeness (QED) is 0.773. The van der Waals surface area contributed by atoms with Gasteiger partial charge in [0.1, 0.15) is 12.6 Å². The van der Waals surface area contributed by atoms with Gasteiger partial charge in [-0.15, -0.1) is 6.58 Å². The second-order valence-electron chi connectivity index (χ2n) is 4.63. The van der Waals surface area contributed by atoms with Gasteiger partial charge in [-0.1, -0.05) is 18.2 Å². The molecule has 1 aromatic carbocycles. The van der Waals surface area contributed by atoms with Crippen molar-refractivity contribution in [2.24, 2.45) is 0 Å². The van der Waals surface area contributed by atoms with Gasteiger partial charge in [0, 0.05) is 0 Å². The normalized spacial score (nSPS) is 17.6. The fourth-order valence-electron chi connectivity index (χ4n) is 1.96. The Balaban J connectivity index is 1.97. The minimum atomic E-state index is -1.08. The van der Waals surface area contributed by atoms with E-state index in [0.29, 0.717) is 17.9 Å². The number of carboxylic acid groups (broad SMARTS) is 1. The Hall–Kier alpha value is -2.50. The molecule has 0 spiro atoms. The Bertz CT molecular complexity index is 543. The van der Waals surface area contributed by atoms with E-state index in [1.807, 2.05) is 0 Å². The van der Waals surface area contributed by atoms with Crippen LogP contribution in [0.3, 0.4) is 0 Å². The van der Waals surface area contributed by atoms with Crippen LogP contribution in [0.4, 0.5) is 0 Å². The van der Waals surface area contributed by atoms with Crippen molar-refractivity contribution in [3.63, 3.8) is 0 Å². The lowest BCUT2D eigenvalue weighted by Gasteiger charge is -2.26. The lowest BCUT2D eigenvalue weighted by molar-refractivity contribution is -0.143. The maximum atomic E-state index is 12.1. The third-order valence-electron chi connectivity index (χ3n) is 3.08. The van der Waals surface area contributed by atoms with Crippen LogP contribution >= 0.6 is 0 Å². The molecule has 0 fully saturated rings. The van der Waals surface area contributed by atoms with E-state index in [1.165, 1.54) is 0 Å². The van der Waals surface area contributed by atoms with Gasteiger partial charge in [0.05, 0.1) is 0 Å². The predicted molar refractivity (Wildman–Crippen MR) is 75.4 cm³/mol. The number of fused-ring (bicyclic) bond motifs is 1. The van der Waals surface area contributed by atoms with Gasteiger partial charge in [-0.05, 0) is 25.0 Å². The number of ether oxygens (including phenoxy) is 2. The van der Waals surface area contributed by atoms with Crippen LogP contribution in [-0.4, -0.2) is 35.7 Å². The smallest absolute Gasteiger partial charge is 0.326 e. The lowest BCUT2D eigenvalue weighted by Crippen LogP contribution is -2.50. The van der Waals surface area contributed by atoms with Crippen molar-refractivity contribution in [3.05, 3.63) is 36.9 Å². The summed E-state index contributed by atoms with van der Waals surface area (Å²) < 4.78 is 11.0. The number of aliphatic carboxylic acids is 1. The average Bonchev–Trinajstić information content (AvgIpc) is 2.50. The molecule has 6 heteroatoms. The molecule has 1 heterocycles. The first kappa shape index (κ1) is 14.9. The summed E-state index contributed by atoms with van der Waals surface area (Å²) >= 11 is 0. The predicted octanol–water partition coefficient (Wildman–Crippen LogP) is 1.36. The molecular formula is C15H17NO5. The van der Waals surface area contributed by atoms with E-state index in [2.05, 4.69) is 11.9 Å². The summed E-state index contributed by atoms with van der Waals surface area (Å²) in [7, 11) is 0. The van der Waals surface area contributed by atoms with Crippen LogP contribution in [0.1, 0.15) is 12.8 Å². The van der Waals surface area contributed by atoms with E-state index in [4.69, 9.17) is 14.6 Å². The number of carbonyl (C=O) groups excluding carboxylic acids is 1. The highest BCUT2D eigenvalue weighted by atomic mass is 16.6. The number of amides is 1. The molecule has 1 aromatic rings. The summed E-state index contributed by atoms with van der Waals surface area (Å²) in [6.07, 6.45) is 1.54. The van der Waals surface area contributed by atoms with Gasteiger partial charge in [0.25, 0.3) is 5.91 Å². The summed E-state index contributed by atoms with van der Waals surface area (Å²) in [5.41, 5.74) is 0. The zero-order chi connectivity index (χ0) is 15.2. The molecule has 21 heavy (non-hydrogen) atoms. The Morgan fingerprint density at radius 2 is 2.14 bits per heavy atom. The van der Waals surface area contributed by atoms with Crippen molar-refractivity contribution in [1.82, 2.24) is 5.32 Å². The van der Waals surface area contributed by atoms with E-state index in [-0.39, 0.29) is 13.0 Å². The van der Waals surface area contributed by atoms with E-state index in [1.54, 1.807) is 30.3 Å². The maximum Gasteiger partial charge on any atom is 0.326 e. The summed E-state index contributed by atoms with van der Waals surface area (Å²) in [4.78, 5) is 23.2. The molecule has 2 atom stereocenters. The molecule has 1 aliphatic heterocycles. The SMILES string of the molecule is C=CCCC(NC(=O)C1COc2ccccc2O1)C(=O)O. The Morgan fingerprint density at radius 1 is 1.43 bits per heavy atom. The molecule has 112 valence electrons. The third kappa shape index (κ3) is 3.75. The number of hydrogen-bond donors (Lipinski definition) is 2. The van der Waals surface area contributed by atoms with Crippen molar-refractivity contribution in [2.45, 2.75) is 25.0 Å². The number of benzene rings is 1. The zero-order valence-corrected chi connectivity index (χ0v) is 11.5. The van der Waals surface area contributed by atoms with Gasteiger partial charge in [0.2, 0.25) is 6.10 Å². The highest BCUT2D eigenvalue weighted by molar-refractivity contribution is 5.86. The fraction of sp³-hybridized carbons (Fsp3) is 0.333. The molecule has 1 aliphatic rings. The molecule has 0 bridgehead atoms. The minimum Gasteiger partial charge on any atom is -0.485 e. The number of carbonyl (C=O) groups is 2. The number of para-hydroxylation sites is 2. The van der Waals surface area contributed by atoms with E-state index in [0.717, 1.165) is 0 Å². The van der Waals surface area contributed by atoms with Crippen LogP contribution in [0.25, 0.3) is 0 Å². The van der Waals surface area contributed by atoms with Crippen LogP contribution in [-0.2, 0) is 9.59 Å². The number of hydrogen-bond acceptors (Lipinski definition) is 4. The minimum absolute atomic E-state index is 0.0522. The molecular weight excluding hydrogens is 274 g/mol. The van der Waals surface area contributed by atoms with Crippen molar-refractivity contribution in [1.29, 1.82) is 0 Å². The molecule has 0 radical (unpaired) electrons.